The van der Waals surface area contributed by atoms with E-state index in [1.165, 1.54) is 0 Å². The largest absolute Gasteiger partial charge is 0.478 e. The maximum atomic E-state index is 13.2. The molecule has 0 fully saturated rings. The van der Waals surface area contributed by atoms with Gasteiger partial charge in [0.1, 0.15) is 0 Å². The lowest BCUT2D eigenvalue weighted by Crippen LogP contribution is -2.14. The highest BCUT2D eigenvalue weighted by Crippen LogP contribution is 2.27. The molecule has 0 aromatic heterocycles. The Bertz CT molecular complexity index is 1360. The molecule has 2 N–H and O–H groups in total. The Labute approximate surface area is 187 Å². The molecule has 4 aromatic carbocycles. The number of para-hydroxylation sites is 1. The van der Waals surface area contributed by atoms with Crippen molar-refractivity contribution in [3.63, 3.8) is 0 Å². The lowest BCUT2D eigenvalue weighted by molar-refractivity contribution is 0.0697. The zero-order valence-corrected chi connectivity index (χ0v) is 18.2. The summed E-state index contributed by atoms with van der Waals surface area (Å²) in [5.41, 5.74) is 2.80. The predicted molar refractivity (Wildman–Crippen MR) is 127 cm³/mol. The van der Waals surface area contributed by atoms with Crippen LogP contribution in [0.3, 0.4) is 0 Å². The molecule has 0 atom stereocenters. The minimum Gasteiger partial charge on any atom is -0.478 e. The van der Waals surface area contributed by atoms with Gasteiger partial charge in [-0.05, 0) is 60.0 Å². The molecule has 0 aliphatic heterocycles. The van der Waals surface area contributed by atoms with Crippen LogP contribution < -0.4 is 4.72 Å². The van der Waals surface area contributed by atoms with Crippen LogP contribution in [-0.4, -0.2) is 19.5 Å². The Balaban J connectivity index is 1.50. The molecule has 162 valence electrons. The lowest BCUT2D eigenvalue weighted by atomic mass is 10.0. The molecule has 0 unspecified atom stereocenters. The van der Waals surface area contributed by atoms with E-state index in [4.69, 9.17) is 5.11 Å². The molecule has 0 saturated heterocycles. The Morgan fingerprint density at radius 3 is 2.25 bits per heavy atom. The summed E-state index contributed by atoms with van der Waals surface area (Å²) in [7, 11) is -3.76. The molecular weight excluding hydrogens is 422 g/mol. The number of carboxylic acid groups (broad SMARTS) is 1. The van der Waals surface area contributed by atoms with Crippen LogP contribution in [-0.2, 0) is 22.9 Å². The fourth-order valence-electron chi connectivity index (χ4n) is 3.76. The van der Waals surface area contributed by atoms with Crippen molar-refractivity contribution in [3.05, 3.63) is 108 Å². The van der Waals surface area contributed by atoms with Gasteiger partial charge in [-0.3, -0.25) is 4.72 Å². The molecule has 0 bridgehead atoms. The van der Waals surface area contributed by atoms with E-state index in [2.05, 4.69) is 4.72 Å². The van der Waals surface area contributed by atoms with Crippen molar-refractivity contribution in [2.45, 2.75) is 24.2 Å². The number of nitrogens with one attached hydrogen (secondary N) is 1. The minimum absolute atomic E-state index is 0.254. The van der Waals surface area contributed by atoms with Crippen LogP contribution in [0.4, 0.5) is 5.69 Å². The summed E-state index contributed by atoms with van der Waals surface area (Å²) in [6.07, 6.45) is 2.26. The number of hydrogen-bond donors (Lipinski definition) is 2. The quantitative estimate of drug-likeness (QED) is 0.374. The number of sulfonamides is 1. The summed E-state index contributed by atoms with van der Waals surface area (Å²) in [5, 5.41) is 10.6. The second kappa shape index (κ2) is 9.24. The molecule has 5 nitrogen and oxygen atoms in total. The number of aryl methyl sites for hydroxylation is 2. The molecule has 0 saturated carbocycles. The Morgan fingerprint density at radius 2 is 1.47 bits per heavy atom. The third-order valence-corrected chi connectivity index (χ3v) is 6.84. The van der Waals surface area contributed by atoms with Crippen molar-refractivity contribution in [2.75, 3.05) is 4.72 Å². The molecule has 32 heavy (non-hydrogen) atoms. The maximum Gasteiger partial charge on any atom is 0.335 e. The Kier molecular flexibility index (Phi) is 6.23. The van der Waals surface area contributed by atoms with Crippen LogP contribution in [0.15, 0.2) is 95.9 Å². The number of carboxylic acids is 1. The van der Waals surface area contributed by atoms with Gasteiger partial charge in [0.2, 0.25) is 0 Å². The van der Waals surface area contributed by atoms with Crippen LogP contribution in [0, 0.1) is 0 Å². The van der Waals surface area contributed by atoms with Crippen LogP contribution in [0.2, 0.25) is 0 Å². The van der Waals surface area contributed by atoms with E-state index in [0.717, 1.165) is 29.4 Å². The van der Waals surface area contributed by atoms with Gasteiger partial charge in [-0.2, -0.15) is 0 Å². The molecule has 0 radical (unpaired) electrons. The summed E-state index contributed by atoms with van der Waals surface area (Å²) in [6, 6.07) is 26.9. The van der Waals surface area contributed by atoms with Crippen LogP contribution >= 0.6 is 0 Å². The van der Waals surface area contributed by atoms with Crippen molar-refractivity contribution in [2.24, 2.45) is 0 Å². The number of hydrogen-bond acceptors (Lipinski definition) is 3. The average Bonchev–Trinajstić information content (AvgIpc) is 2.80. The normalized spacial score (nSPS) is 11.4. The number of carbonyl (C=O) groups is 1. The van der Waals surface area contributed by atoms with Crippen molar-refractivity contribution >= 4 is 32.5 Å². The first-order chi connectivity index (χ1) is 15.4. The first-order valence-corrected chi connectivity index (χ1v) is 11.8. The molecule has 4 rings (SSSR count). The zero-order chi connectivity index (χ0) is 22.6. The molecule has 0 heterocycles. The average molecular weight is 446 g/mol. The van der Waals surface area contributed by atoms with Gasteiger partial charge in [-0.25, -0.2) is 13.2 Å². The molecule has 0 aliphatic carbocycles. The first kappa shape index (κ1) is 21.6. The highest BCUT2D eigenvalue weighted by molar-refractivity contribution is 7.93. The van der Waals surface area contributed by atoms with Gasteiger partial charge in [-0.15, -0.1) is 0 Å². The van der Waals surface area contributed by atoms with Gasteiger partial charge < -0.3 is 5.11 Å². The van der Waals surface area contributed by atoms with Crippen LogP contribution in [0.1, 0.15) is 27.9 Å². The Morgan fingerprint density at radius 1 is 0.781 bits per heavy atom. The maximum absolute atomic E-state index is 13.2. The number of aromatic carboxylic acids is 1. The van der Waals surface area contributed by atoms with Crippen LogP contribution in [0.25, 0.3) is 10.8 Å². The third kappa shape index (κ3) is 4.81. The lowest BCUT2D eigenvalue weighted by Gasteiger charge is -2.14. The van der Waals surface area contributed by atoms with E-state index in [1.807, 2.05) is 60.7 Å². The van der Waals surface area contributed by atoms with E-state index in [-0.39, 0.29) is 10.5 Å². The second-order valence-corrected chi connectivity index (χ2v) is 9.25. The third-order valence-electron chi connectivity index (χ3n) is 5.41. The van der Waals surface area contributed by atoms with Gasteiger partial charge in [0.25, 0.3) is 10.0 Å². The van der Waals surface area contributed by atoms with Gasteiger partial charge >= 0.3 is 5.97 Å². The number of benzene rings is 4. The van der Waals surface area contributed by atoms with E-state index >= 15 is 0 Å². The monoisotopic (exact) mass is 445 g/mol. The fourth-order valence-corrected chi connectivity index (χ4v) is 5.10. The number of fused-ring (bicyclic) bond motifs is 1. The molecule has 4 aromatic rings. The predicted octanol–water partition coefficient (Wildman–Crippen LogP) is 5.51. The molecule has 6 heteroatoms. The second-order valence-electron chi connectivity index (χ2n) is 7.60. The van der Waals surface area contributed by atoms with Crippen molar-refractivity contribution < 1.29 is 18.3 Å². The van der Waals surface area contributed by atoms with Crippen LogP contribution in [0.5, 0.6) is 0 Å². The number of anilines is 1. The van der Waals surface area contributed by atoms with E-state index in [0.29, 0.717) is 17.5 Å². The summed E-state index contributed by atoms with van der Waals surface area (Å²) in [6.45, 7) is 0. The highest BCUT2D eigenvalue weighted by atomic mass is 32.2. The van der Waals surface area contributed by atoms with Crippen molar-refractivity contribution in [3.8, 4) is 0 Å². The molecule has 0 spiro atoms. The molecular formula is C26H23NO4S. The van der Waals surface area contributed by atoms with E-state index in [9.17, 15) is 13.2 Å². The van der Waals surface area contributed by atoms with Gasteiger partial charge in [0.05, 0.1) is 16.1 Å². The van der Waals surface area contributed by atoms with Crippen molar-refractivity contribution in [1.82, 2.24) is 0 Å². The van der Waals surface area contributed by atoms with Gasteiger partial charge in [0, 0.05) is 5.39 Å². The van der Waals surface area contributed by atoms with E-state index in [1.54, 1.807) is 30.3 Å². The molecule has 0 amide bonds. The highest BCUT2D eigenvalue weighted by Gasteiger charge is 2.18. The first-order valence-electron chi connectivity index (χ1n) is 10.3. The Hall–Kier alpha value is -3.64. The zero-order valence-electron chi connectivity index (χ0n) is 17.4. The molecule has 0 aliphatic rings. The van der Waals surface area contributed by atoms with E-state index < -0.39 is 16.0 Å². The standard InChI is InChI=1S/C26H23NO4S/c28-26(29)22-17-15-19(16-18-22)7-5-11-21-9-2-4-13-24(21)27-32(30,31)25-14-6-10-20-8-1-3-12-23(20)25/h1-4,6,8-10,12-18,27H,5,7,11H2,(H,28,29). The summed E-state index contributed by atoms with van der Waals surface area (Å²) >= 11 is 0. The summed E-state index contributed by atoms with van der Waals surface area (Å²) < 4.78 is 29.2. The SMILES string of the molecule is O=C(O)c1ccc(CCCc2ccccc2NS(=O)(=O)c2cccc3ccccc23)cc1. The fraction of sp³-hybridized carbons (Fsp3) is 0.115. The van der Waals surface area contributed by atoms with Gasteiger partial charge in [0.15, 0.2) is 0 Å². The minimum atomic E-state index is -3.76. The smallest absolute Gasteiger partial charge is 0.335 e. The number of rotatable bonds is 8. The topological polar surface area (TPSA) is 83.5 Å². The summed E-state index contributed by atoms with van der Waals surface area (Å²) in [5.74, 6) is -0.941. The van der Waals surface area contributed by atoms with Crippen molar-refractivity contribution in [1.29, 1.82) is 0 Å². The summed E-state index contributed by atoms with van der Waals surface area (Å²) in [4.78, 5) is 11.2. The van der Waals surface area contributed by atoms with Gasteiger partial charge in [-0.1, -0.05) is 66.7 Å².